The molecule has 0 fully saturated rings. The van der Waals surface area contributed by atoms with Gasteiger partial charge in [0.05, 0.1) is 24.8 Å². The van der Waals surface area contributed by atoms with Gasteiger partial charge in [-0.1, -0.05) is 30.0 Å². The normalized spacial score (nSPS) is 11.3. The molecule has 2 heterocycles. The maximum Gasteiger partial charge on any atom is 0.266 e. The summed E-state index contributed by atoms with van der Waals surface area (Å²) in [7, 11) is -4.12. The summed E-state index contributed by atoms with van der Waals surface area (Å²) in [5.74, 6) is 4.96. The molecule has 0 unspecified atom stereocenters. The molecule has 2 aromatic carbocycles. The summed E-state index contributed by atoms with van der Waals surface area (Å²) < 4.78 is 43.8. The van der Waals surface area contributed by atoms with Gasteiger partial charge in [0.2, 0.25) is 0 Å². The third-order valence-electron chi connectivity index (χ3n) is 4.30. The van der Waals surface area contributed by atoms with Gasteiger partial charge in [0.15, 0.2) is 5.13 Å². The molecular formula is C20H16FN5O2S2. The maximum atomic E-state index is 14.8. The van der Waals surface area contributed by atoms with Gasteiger partial charge in [0, 0.05) is 28.6 Å². The fourth-order valence-electron chi connectivity index (χ4n) is 2.94. The van der Waals surface area contributed by atoms with E-state index in [0.29, 0.717) is 17.4 Å². The Hall–Kier alpha value is -3.26. The second-order valence-corrected chi connectivity index (χ2v) is 8.79. The first-order chi connectivity index (χ1) is 14.5. The largest absolute Gasteiger partial charge is 0.320 e. The number of hydrogen-bond acceptors (Lipinski definition) is 6. The number of rotatable bonds is 5. The number of sulfonamides is 1. The average Bonchev–Trinajstić information content (AvgIpc) is 3.36. The van der Waals surface area contributed by atoms with Crippen LogP contribution in [0.5, 0.6) is 0 Å². The molecule has 0 amide bonds. The highest BCUT2D eigenvalue weighted by atomic mass is 32.2. The van der Waals surface area contributed by atoms with Crippen molar-refractivity contribution in [2.45, 2.75) is 11.4 Å². The molecule has 0 spiro atoms. The molecule has 0 aliphatic carbocycles. The Bertz CT molecular complexity index is 1370. The highest BCUT2D eigenvalue weighted by molar-refractivity contribution is 7.93. The molecule has 0 aliphatic heterocycles. The van der Waals surface area contributed by atoms with Crippen LogP contribution >= 0.6 is 11.3 Å². The third-order valence-corrected chi connectivity index (χ3v) is 6.47. The molecular weight excluding hydrogens is 425 g/mol. The number of nitrogens with zero attached hydrogens (tertiary/aromatic N) is 3. The number of hydrogen-bond donors (Lipinski definition) is 2. The second-order valence-electron chi connectivity index (χ2n) is 6.25. The average molecular weight is 442 g/mol. The lowest BCUT2D eigenvalue weighted by Gasteiger charge is -2.09. The van der Waals surface area contributed by atoms with Crippen molar-refractivity contribution in [1.29, 1.82) is 0 Å². The van der Waals surface area contributed by atoms with Crippen LogP contribution in [0.1, 0.15) is 11.1 Å². The highest BCUT2D eigenvalue weighted by Crippen LogP contribution is 2.26. The first-order valence-electron chi connectivity index (χ1n) is 8.82. The van der Waals surface area contributed by atoms with E-state index >= 15 is 0 Å². The predicted octanol–water partition coefficient (Wildman–Crippen LogP) is 2.79. The lowest BCUT2D eigenvalue weighted by molar-refractivity contribution is 0.571. The molecule has 7 nitrogen and oxygen atoms in total. The third kappa shape index (κ3) is 4.04. The van der Waals surface area contributed by atoms with Crippen molar-refractivity contribution in [3.8, 4) is 11.8 Å². The quantitative estimate of drug-likeness (QED) is 0.464. The van der Waals surface area contributed by atoms with Gasteiger partial charge in [-0.05, 0) is 17.7 Å². The number of anilines is 1. The molecule has 4 rings (SSSR count). The summed E-state index contributed by atoms with van der Waals surface area (Å²) in [5.41, 5.74) is 7.63. The SMILES string of the molecule is NCC#Cc1ccccc1Cn1ncc2cc(S(=O)(=O)Nc3nccs3)c(F)cc21. The maximum absolute atomic E-state index is 14.8. The van der Waals surface area contributed by atoms with Crippen molar-refractivity contribution in [1.82, 2.24) is 14.8 Å². The van der Waals surface area contributed by atoms with Crippen LogP contribution in [-0.4, -0.2) is 29.7 Å². The fourth-order valence-corrected chi connectivity index (χ4v) is 4.83. The fraction of sp³-hybridized carbons (Fsp3) is 0.100. The number of nitrogens with one attached hydrogen (secondary N) is 1. The van der Waals surface area contributed by atoms with E-state index < -0.39 is 20.7 Å². The first-order valence-corrected chi connectivity index (χ1v) is 11.2. The lowest BCUT2D eigenvalue weighted by atomic mass is 10.1. The summed E-state index contributed by atoms with van der Waals surface area (Å²) in [6, 6.07) is 9.97. The van der Waals surface area contributed by atoms with Gasteiger partial charge in [0.1, 0.15) is 10.7 Å². The molecule has 0 aliphatic rings. The minimum absolute atomic E-state index is 0.167. The van der Waals surface area contributed by atoms with Crippen molar-refractivity contribution < 1.29 is 12.8 Å². The molecule has 2 aromatic heterocycles. The van der Waals surface area contributed by atoms with E-state index in [1.165, 1.54) is 24.5 Å². The molecule has 10 heteroatoms. The summed E-state index contributed by atoms with van der Waals surface area (Å²) in [6.45, 7) is 0.596. The summed E-state index contributed by atoms with van der Waals surface area (Å²) in [6.07, 6.45) is 2.97. The monoisotopic (exact) mass is 441 g/mol. The van der Waals surface area contributed by atoms with E-state index in [2.05, 4.69) is 26.6 Å². The molecule has 152 valence electrons. The number of aromatic nitrogens is 3. The molecule has 0 radical (unpaired) electrons. The van der Waals surface area contributed by atoms with Crippen LogP contribution in [0, 0.1) is 17.7 Å². The Balaban J connectivity index is 1.70. The smallest absolute Gasteiger partial charge is 0.266 e. The molecule has 0 saturated carbocycles. The molecule has 0 bridgehead atoms. The minimum Gasteiger partial charge on any atom is -0.320 e. The molecule has 30 heavy (non-hydrogen) atoms. The number of fused-ring (bicyclic) bond motifs is 1. The number of thiazole rings is 1. The Labute approximate surface area is 176 Å². The van der Waals surface area contributed by atoms with Crippen LogP contribution in [0.4, 0.5) is 9.52 Å². The van der Waals surface area contributed by atoms with Crippen LogP contribution in [0.25, 0.3) is 10.9 Å². The van der Waals surface area contributed by atoms with Gasteiger partial charge in [0.25, 0.3) is 10.0 Å². The Morgan fingerprint density at radius 1 is 1.27 bits per heavy atom. The zero-order valence-corrected chi connectivity index (χ0v) is 17.2. The standard InChI is InChI=1S/C20H16FN5O2S2/c21-17-11-18-16(10-19(17)30(27,28)25-20-23-8-9-29-20)12-24-26(18)13-15-5-2-1-4-14(15)6-3-7-22/h1-2,4-5,8-12H,7,13,22H2,(H,23,25). The Kier molecular flexibility index (Phi) is 5.50. The van der Waals surface area contributed by atoms with Gasteiger partial charge in [-0.15, -0.1) is 11.3 Å². The van der Waals surface area contributed by atoms with Crippen molar-refractivity contribution in [3.63, 3.8) is 0 Å². The van der Waals surface area contributed by atoms with E-state index in [-0.39, 0.29) is 11.7 Å². The van der Waals surface area contributed by atoms with Gasteiger partial charge in [-0.25, -0.2) is 17.8 Å². The Morgan fingerprint density at radius 2 is 2.10 bits per heavy atom. The number of benzene rings is 2. The van der Waals surface area contributed by atoms with Crippen molar-refractivity contribution in [2.75, 3.05) is 11.3 Å². The van der Waals surface area contributed by atoms with Gasteiger partial charge < -0.3 is 5.73 Å². The number of halogens is 1. The van der Waals surface area contributed by atoms with Crippen LogP contribution < -0.4 is 10.5 Å². The van der Waals surface area contributed by atoms with Crippen molar-refractivity contribution >= 4 is 37.4 Å². The lowest BCUT2D eigenvalue weighted by Crippen LogP contribution is -2.14. The van der Waals surface area contributed by atoms with Gasteiger partial charge >= 0.3 is 0 Å². The Morgan fingerprint density at radius 3 is 2.87 bits per heavy atom. The van der Waals surface area contributed by atoms with Crippen molar-refractivity contribution in [2.24, 2.45) is 5.73 Å². The topological polar surface area (TPSA) is 103 Å². The van der Waals surface area contributed by atoms with E-state index in [4.69, 9.17) is 5.73 Å². The predicted molar refractivity (Wildman–Crippen MR) is 114 cm³/mol. The van der Waals surface area contributed by atoms with Crippen molar-refractivity contribution in [3.05, 3.63) is 71.1 Å². The van der Waals surface area contributed by atoms with Gasteiger partial charge in [-0.2, -0.15) is 5.10 Å². The second kappa shape index (κ2) is 8.23. The molecule has 4 aromatic rings. The summed E-state index contributed by atoms with van der Waals surface area (Å²) in [4.78, 5) is 3.41. The van der Waals surface area contributed by atoms with E-state index in [1.807, 2.05) is 24.3 Å². The van der Waals surface area contributed by atoms with Crippen LogP contribution in [0.2, 0.25) is 0 Å². The summed E-state index contributed by atoms with van der Waals surface area (Å²) in [5, 5.41) is 6.59. The van der Waals surface area contributed by atoms with E-state index in [0.717, 1.165) is 22.5 Å². The number of nitrogens with two attached hydrogens (primary N) is 1. The zero-order chi connectivity index (χ0) is 21.1. The van der Waals surface area contributed by atoms with Gasteiger partial charge in [-0.3, -0.25) is 9.40 Å². The van der Waals surface area contributed by atoms with Crippen LogP contribution in [0.3, 0.4) is 0 Å². The molecule has 3 N–H and O–H groups in total. The first kappa shape index (κ1) is 20.0. The zero-order valence-electron chi connectivity index (χ0n) is 15.5. The highest BCUT2D eigenvalue weighted by Gasteiger charge is 2.22. The van der Waals surface area contributed by atoms with E-state index in [1.54, 1.807) is 10.1 Å². The minimum atomic E-state index is -4.12. The summed E-state index contributed by atoms with van der Waals surface area (Å²) >= 11 is 1.11. The van der Waals surface area contributed by atoms with Crippen LogP contribution in [0.15, 0.2) is 59.1 Å². The molecule has 0 atom stereocenters. The molecule has 0 saturated heterocycles. The van der Waals surface area contributed by atoms with Crippen LogP contribution in [-0.2, 0) is 16.6 Å². The van der Waals surface area contributed by atoms with E-state index in [9.17, 15) is 12.8 Å².